The Bertz CT molecular complexity index is 544. The summed E-state index contributed by atoms with van der Waals surface area (Å²) in [5.41, 5.74) is 0.531. The zero-order valence-electron chi connectivity index (χ0n) is 10.6. The lowest BCUT2D eigenvalue weighted by Gasteiger charge is -2.19. The summed E-state index contributed by atoms with van der Waals surface area (Å²) in [4.78, 5) is 11.4. The van der Waals surface area contributed by atoms with Crippen LogP contribution in [0.5, 0.6) is 0 Å². The first-order chi connectivity index (χ1) is 8.46. The number of Topliss-reactive ketones (excluding diaryl/α,β-unsaturated/α-hetero) is 1. The maximum atomic E-state index is 12.4. The van der Waals surface area contributed by atoms with E-state index < -0.39 is 10.0 Å². The average Bonchev–Trinajstić information content (AvgIpc) is 3.14. The van der Waals surface area contributed by atoms with Crippen LogP contribution >= 0.6 is 0 Å². The second-order valence-electron chi connectivity index (χ2n) is 4.52. The predicted molar refractivity (Wildman–Crippen MR) is 69.0 cm³/mol. The van der Waals surface area contributed by atoms with Crippen molar-refractivity contribution in [3.63, 3.8) is 0 Å². The van der Waals surface area contributed by atoms with E-state index in [1.807, 2.05) is 6.92 Å². The molecule has 1 fully saturated rings. The Morgan fingerprint density at radius 1 is 1.28 bits per heavy atom. The first-order valence-electron chi connectivity index (χ1n) is 6.09. The summed E-state index contributed by atoms with van der Waals surface area (Å²) in [6.45, 7) is 3.80. The van der Waals surface area contributed by atoms with Crippen LogP contribution in [0.1, 0.15) is 37.0 Å². The molecule has 5 heteroatoms. The summed E-state index contributed by atoms with van der Waals surface area (Å²) in [6.07, 6.45) is 1.89. The van der Waals surface area contributed by atoms with Crippen LogP contribution in [0, 0.1) is 0 Å². The molecule has 0 heterocycles. The monoisotopic (exact) mass is 267 g/mol. The maximum Gasteiger partial charge on any atom is 0.243 e. The molecule has 0 aromatic heterocycles. The van der Waals surface area contributed by atoms with E-state index in [0.29, 0.717) is 12.1 Å². The Morgan fingerprint density at radius 3 is 2.22 bits per heavy atom. The average molecular weight is 267 g/mol. The molecular weight excluding hydrogens is 250 g/mol. The van der Waals surface area contributed by atoms with Crippen molar-refractivity contribution in [1.29, 1.82) is 0 Å². The smallest absolute Gasteiger partial charge is 0.243 e. The number of hydrogen-bond acceptors (Lipinski definition) is 3. The third-order valence-corrected chi connectivity index (χ3v) is 5.17. The van der Waals surface area contributed by atoms with E-state index in [1.54, 1.807) is 12.1 Å². The van der Waals surface area contributed by atoms with Crippen molar-refractivity contribution in [1.82, 2.24) is 4.31 Å². The third-order valence-electron chi connectivity index (χ3n) is 3.13. The highest BCUT2D eigenvalue weighted by atomic mass is 32.2. The zero-order valence-corrected chi connectivity index (χ0v) is 11.4. The number of rotatable bonds is 5. The van der Waals surface area contributed by atoms with Gasteiger partial charge < -0.3 is 0 Å². The highest BCUT2D eigenvalue weighted by Gasteiger charge is 2.36. The maximum absolute atomic E-state index is 12.4. The first-order valence-corrected chi connectivity index (χ1v) is 7.53. The molecule has 0 atom stereocenters. The molecule has 1 aliphatic carbocycles. The minimum absolute atomic E-state index is 0.0616. The molecule has 0 amide bonds. The van der Waals surface area contributed by atoms with Crippen LogP contribution in [0.4, 0.5) is 0 Å². The molecule has 0 radical (unpaired) electrons. The van der Waals surface area contributed by atoms with Gasteiger partial charge in [0.1, 0.15) is 0 Å². The van der Waals surface area contributed by atoms with Crippen molar-refractivity contribution in [2.45, 2.75) is 37.6 Å². The van der Waals surface area contributed by atoms with E-state index in [1.165, 1.54) is 23.4 Å². The van der Waals surface area contributed by atoms with E-state index in [4.69, 9.17) is 0 Å². The van der Waals surface area contributed by atoms with Crippen LogP contribution in [-0.2, 0) is 10.0 Å². The Morgan fingerprint density at radius 2 is 1.83 bits per heavy atom. The quantitative estimate of drug-likeness (QED) is 0.767. The van der Waals surface area contributed by atoms with Gasteiger partial charge >= 0.3 is 0 Å². The lowest BCUT2D eigenvalue weighted by Crippen LogP contribution is -2.32. The van der Waals surface area contributed by atoms with Gasteiger partial charge in [0.2, 0.25) is 10.0 Å². The molecule has 0 bridgehead atoms. The van der Waals surface area contributed by atoms with Crippen LogP contribution in [0.15, 0.2) is 29.2 Å². The zero-order chi connectivity index (χ0) is 13.3. The molecular formula is C13H17NO3S. The van der Waals surface area contributed by atoms with Gasteiger partial charge in [0.15, 0.2) is 5.78 Å². The van der Waals surface area contributed by atoms with Crippen molar-refractivity contribution in [2.24, 2.45) is 0 Å². The SMILES string of the molecule is CCN(C1CC1)S(=O)(=O)c1ccc(C(C)=O)cc1. The fourth-order valence-corrected chi connectivity index (χ4v) is 3.68. The van der Waals surface area contributed by atoms with Gasteiger partial charge in [0, 0.05) is 18.2 Å². The molecule has 4 nitrogen and oxygen atoms in total. The minimum Gasteiger partial charge on any atom is -0.295 e. The van der Waals surface area contributed by atoms with Gasteiger partial charge in [-0.1, -0.05) is 19.1 Å². The van der Waals surface area contributed by atoms with Crippen LogP contribution in [0.2, 0.25) is 0 Å². The normalized spacial score (nSPS) is 15.9. The number of carbonyl (C=O) groups is 1. The Kier molecular flexibility index (Phi) is 3.54. The Hall–Kier alpha value is -1.20. The summed E-state index contributed by atoms with van der Waals surface area (Å²) < 4.78 is 26.3. The van der Waals surface area contributed by atoms with E-state index >= 15 is 0 Å². The molecule has 0 aliphatic heterocycles. The summed E-state index contributed by atoms with van der Waals surface area (Å²) in [6, 6.07) is 6.31. The second-order valence-corrected chi connectivity index (χ2v) is 6.41. The summed E-state index contributed by atoms with van der Waals surface area (Å²) in [5.74, 6) is -0.0616. The van der Waals surface area contributed by atoms with Crippen molar-refractivity contribution >= 4 is 15.8 Å². The van der Waals surface area contributed by atoms with Crippen LogP contribution in [0.3, 0.4) is 0 Å². The fraction of sp³-hybridized carbons (Fsp3) is 0.462. The van der Waals surface area contributed by atoms with E-state index in [2.05, 4.69) is 0 Å². The largest absolute Gasteiger partial charge is 0.295 e. The van der Waals surface area contributed by atoms with Gasteiger partial charge in [-0.2, -0.15) is 4.31 Å². The van der Waals surface area contributed by atoms with Crippen LogP contribution in [-0.4, -0.2) is 31.1 Å². The second kappa shape index (κ2) is 4.82. The molecule has 1 saturated carbocycles. The molecule has 1 aromatic rings. The fourth-order valence-electron chi connectivity index (χ4n) is 1.98. The number of benzene rings is 1. The molecule has 2 rings (SSSR count). The number of carbonyl (C=O) groups excluding carboxylic acids is 1. The van der Waals surface area contributed by atoms with Crippen molar-refractivity contribution in [3.05, 3.63) is 29.8 Å². The molecule has 1 aromatic carbocycles. The van der Waals surface area contributed by atoms with Gasteiger partial charge in [-0.25, -0.2) is 8.42 Å². The van der Waals surface area contributed by atoms with E-state index in [0.717, 1.165) is 12.8 Å². The number of nitrogens with zero attached hydrogens (tertiary/aromatic N) is 1. The minimum atomic E-state index is -3.41. The highest BCUT2D eigenvalue weighted by Crippen LogP contribution is 2.31. The predicted octanol–water partition coefficient (Wildman–Crippen LogP) is 2.06. The summed E-state index contributed by atoms with van der Waals surface area (Å²) in [5, 5.41) is 0. The number of hydrogen-bond donors (Lipinski definition) is 0. The molecule has 0 N–H and O–H groups in total. The molecule has 1 aliphatic rings. The lowest BCUT2D eigenvalue weighted by atomic mass is 10.2. The van der Waals surface area contributed by atoms with Crippen molar-refractivity contribution < 1.29 is 13.2 Å². The van der Waals surface area contributed by atoms with Gasteiger partial charge in [-0.05, 0) is 31.9 Å². The molecule has 0 saturated heterocycles. The Labute approximate surface area is 108 Å². The standard InChI is InChI=1S/C13H17NO3S/c1-3-14(12-6-7-12)18(16,17)13-8-4-11(5-9-13)10(2)15/h4-5,8-9,12H,3,6-7H2,1-2H3. The van der Waals surface area contributed by atoms with E-state index in [9.17, 15) is 13.2 Å². The first kappa shape index (κ1) is 13.2. The van der Waals surface area contributed by atoms with Gasteiger partial charge in [0.05, 0.1) is 4.90 Å². The summed E-state index contributed by atoms with van der Waals surface area (Å²) in [7, 11) is -3.41. The highest BCUT2D eigenvalue weighted by molar-refractivity contribution is 7.89. The lowest BCUT2D eigenvalue weighted by molar-refractivity contribution is 0.101. The van der Waals surface area contributed by atoms with Gasteiger partial charge in [-0.15, -0.1) is 0 Å². The van der Waals surface area contributed by atoms with Gasteiger partial charge in [-0.3, -0.25) is 4.79 Å². The van der Waals surface area contributed by atoms with Gasteiger partial charge in [0.25, 0.3) is 0 Å². The van der Waals surface area contributed by atoms with Crippen molar-refractivity contribution in [3.8, 4) is 0 Å². The van der Waals surface area contributed by atoms with E-state index in [-0.39, 0.29) is 16.7 Å². The third kappa shape index (κ3) is 2.47. The molecule has 18 heavy (non-hydrogen) atoms. The molecule has 0 unspecified atom stereocenters. The number of ketones is 1. The Balaban J connectivity index is 2.31. The van der Waals surface area contributed by atoms with Crippen molar-refractivity contribution in [2.75, 3.05) is 6.54 Å². The number of sulfonamides is 1. The van der Waals surface area contributed by atoms with Crippen LogP contribution in [0.25, 0.3) is 0 Å². The van der Waals surface area contributed by atoms with Crippen LogP contribution < -0.4 is 0 Å². The topological polar surface area (TPSA) is 54.5 Å². The molecule has 0 spiro atoms. The summed E-state index contributed by atoms with van der Waals surface area (Å²) >= 11 is 0. The molecule has 98 valence electrons.